The van der Waals surface area contributed by atoms with Gasteiger partial charge < -0.3 is 26.0 Å². The fourth-order valence-corrected chi connectivity index (χ4v) is 4.66. The van der Waals surface area contributed by atoms with E-state index in [0.717, 1.165) is 12.5 Å². The number of nitrogen functional groups attached to an aromatic ring is 1. The van der Waals surface area contributed by atoms with E-state index in [1.54, 1.807) is 36.4 Å². The molecule has 0 fully saturated rings. The van der Waals surface area contributed by atoms with Gasteiger partial charge in [0.2, 0.25) is 10.0 Å². The molecule has 1 atom stereocenters. The van der Waals surface area contributed by atoms with E-state index in [4.69, 9.17) is 10.5 Å². The average molecular weight is 536 g/mol. The van der Waals surface area contributed by atoms with Crippen LogP contribution in [0.4, 0.5) is 11.4 Å². The van der Waals surface area contributed by atoms with E-state index < -0.39 is 26.0 Å². The number of sulfonamides is 1. The molecule has 194 valence electrons. The maximum absolute atomic E-state index is 11.8. The van der Waals surface area contributed by atoms with Crippen molar-refractivity contribution in [2.45, 2.75) is 11.0 Å². The first kappa shape index (κ1) is 27.3. The maximum Gasteiger partial charge on any atom is 0.229 e. The normalized spacial score (nSPS) is 12.8. The van der Waals surface area contributed by atoms with E-state index in [9.17, 15) is 27.0 Å². The Bertz CT molecular complexity index is 1440. The van der Waals surface area contributed by atoms with E-state index in [1.807, 2.05) is 0 Å². The summed E-state index contributed by atoms with van der Waals surface area (Å²) in [6.07, 6.45) is 1.18. The van der Waals surface area contributed by atoms with Crippen molar-refractivity contribution in [3.05, 3.63) is 66.2 Å². The van der Waals surface area contributed by atoms with Crippen molar-refractivity contribution < 1.29 is 31.8 Å². The molecule has 0 aliphatic rings. The smallest absolute Gasteiger partial charge is 0.229 e. The van der Waals surface area contributed by atoms with Gasteiger partial charge in [-0.15, -0.1) is 0 Å². The van der Waals surface area contributed by atoms with Gasteiger partial charge in [-0.3, -0.25) is 4.72 Å². The monoisotopic (exact) mass is 535 g/mol. The zero-order valence-corrected chi connectivity index (χ0v) is 21.4. The highest BCUT2D eigenvalue weighted by molar-refractivity contribution is 7.92. The van der Waals surface area contributed by atoms with Crippen LogP contribution < -0.4 is 20.5 Å². The third-order valence-corrected chi connectivity index (χ3v) is 6.88. The summed E-state index contributed by atoms with van der Waals surface area (Å²) in [4.78, 5) is 0.211. The summed E-state index contributed by atoms with van der Waals surface area (Å²) in [7, 11) is -6.92. The van der Waals surface area contributed by atoms with Gasteiger partial charge in [-0.2, -0.15) is 0 Å². The van der Waals surface area contributed by atoms with Crippen LogP contribution in [0, 0.1) is 0 Å². The summed E-state index contributed by atoms with van der Waals surface area (Å²) >= 11 is 0. The second kappa shape index (κ2) is 11.2. The van der Waals surface area contributed by atoms with E-state index >= 15 is 0 Å². The number of aliphatic hydroxyl groups is 1. The van der Waals surface area contributed by atoms with Gasteiger partial charge in [0.15, 0.2) is 9.84 Å². The molecule has 3 aromatic carbocycles. The molecule has 0 amide bonds. The van der Waals surface area contributed by atoms with Crippen molar-refractivity contribution in [3.8, 4) is 22.6 Å². The number of phenols is 1. The first-order valence-electron chi connectivity index (χ1n) is 10.9. The standard InChI is InChI=1S/C24H29N3O7S2/c1-35(30,31)19-5-3-4-16(12-19)20-8-7-18(14-21(20)25)34-11-10-26-15-24(29)17-6-9-23(28)22(13-17)27-36(2,32)33/h3-9,12-14,24,26-29H,10-11,15,25H2,1-2H3/t24-/m0/s1. The highest BCUT2D eigenvalue weighted by Crippen LogP contribution is 2.31. The fourth-order valence-electron chi connectivity index (χ4n) is 3.43. The molecule has 0 radical (unpaired) electrons. The van der Waals surface area contributed by atoms with E-state index in [-0.39, 0.29) is 29.5 Å². The second-order valence-electron chi connectivity index (χ2n) is 8.27. The molecule has 0 unspecified atom stereocenters. The SMILES string of the molecule is CS(=O)(=O)Nc1cc([C@@H](O)CNCCOc2ccc(-c3cccc(S(C)(=O)=O)c3)c(N)c2)ccc1O. The number of aromatic hydroxyl groups is 1. The maximum atomic E-state index is 11.8. The molecule has 0 aliphatic heterocycles. The lowest BCUT2D eigenvalue weighted by Crippen LogP contribution is -2.26. The summed E-state index contributed by atoms with van der Waals surface area (Å²) in [5, 5.41) is 23.2. The quantitative estimate of drug-likeness (QED) is 0.140. The molecule has 0 aromatic heterocycles. The van der Waals surface area contributed by atoms with Crippen LogP contribution >= 0.6 is 0 Å². The van der Waals surface area contributed by atoms with Crippen LogP contribution in [0.15, 0.2) is 65.6 Å². The molecule has 0 saturated heterocycles. The van der Waals surface area contributed by atoms with Gasteiger partial charge in [0, 0.05) is 36.7 Å². The Morgan fingerprint density at radius 1 is 1.00 bits per heavy atom. The van der Waals surface area contributed by atoms with Crippen LogP contribution in [0.5, 0.6) is 11.5 Å². The first-order chi connectivity index (χ1) is 16.8. The third kappa shape index (κ3) is 7.59. The van der Waals surface area contributed by atoms with Gasteiger partial charge in [-0.05, 0) is 47.5 Å². The summed E-state index contributed by atoms with van der Waals surface area (Å²) in [5.74, 6) is 0.291. The number of ether oxygens (including phenoxy) is 1. The van der Waals surface area contributed by atoms with Crippen LogP contribution in [0.25, 0.3) is 11.1 Å². The molecule has 0 saturated carbocycles. The molecule has 6 N–H and O–H groups in total. The lowest BCUT2D eigenvalue weighted by molar-refractivity contribution is 0.172. The zero-order chi connectivity index (χ0) is 26.5. The van der Waals surface area contributed by atoms with Gasteiger partial charge in [0.25, 0.3) is 0 Å². The van der Waals surface area contributed by atoms with Gasteiger partial charge >= 0.3 is 0 Å². The first-order valence-corrected chi connectivity index (χ1v) is 14.6. The van der Waals surface area contributed by atoms with Crippen molar-refractivity contribution in [1.29, 1.82) is 0 Å². The number of hydrogen-bond acceptors (Lipinski definition) is 9. The van der Waals surface area contributed by atoms with Crippen LogP contribution in [0.3, 0.4) is 0 Å². The molecule has 10 nitrogen and oxygen atoms in total. The van der Waals surface area contributed by atoms with Gasteiger partial charge in [-0.1, -0.05) is 18.2 Å². The van der Waals surface area contributed by atoms with Crippen molar-refractivity contribution >= 4 is 31.2 Å². The Morgan fingerprint density at radius 3 is 2.42 bits per heavy atom. The number of rotatable bonds is 11. The van der Waals surface area contributed by atoms with Gasteiger partial charge in [-0.25, -0.2) is 16.8 Å². The average Bonchev–Trinajstić information content (AvgIpc) is 2.79. The van der Waals surface area contributed by atoms with Crippen LogP contribution in [0.1, 0.15) is 11.7 Å². The van der Waals surface area contributed by atoms with Crippen molar-refractivity contribution in [2.24, 2.45) is 0 Å². The van der Waals surface area contributed by atoms with E-state index in [1.165, 1.54) is 24.3 Å². The summed E-state index contributed by atoms with van der Waals surface area (Å²) in [6, 6.07) is 15.9. The highest BCUT2D eigenvalue weighted by Gasteiger charge is 2.13. The molecule has 36 heavy (non-hydrogen) atoms. The Balaban J connectivity index is 1.53. The predicted molar refractivity (Wildman–Crippen MR) is 139 cm³/mol. The number of phenolic OH excluding ortho intramolecular Hbond substituents is 1. The van der Waals surface area contributed by atoms with Crippen LogP contribution in [-0.4, -0.2) is 59.3 Å². The number of nitrogens with two attached hydrogens (primary N) is 1. The molecule has 0 bridgehead atoms. The lowest BCUT2D eigenvalue weighted by atomic mass is 10.0. The minimum atomic E-state index is -3.58. The topological polar surface area (TPSA) is 168 Å². The lowest BCUT2D eigenvalue weighted by Gasteiger charge is -2.15. The van der Waals surface area contributed by atoms with Crippen LogP contribution in [-0.2, 0) is 19.9 Å². The molecule has 12 heteroatoms. The number of benzene rings is 3. The molecule has 0 heterocycles. The number of aliphatic hydroxyl groups excluding tert-OH is 1. The highest BCUT2D eigenvalue weighted by atomic mass is 32.2. The summed E-state index contributed by atoms with van der Waals surface area (Å²) < 4.78 is 54.4. The molecule has 0 spiro atoms. The number of nitrogens with one attached hydrogen (secondary N) is 2. The molecular weight excluding hydrogens is 506 g/mol. The van der Waals surface area contributed by atoms with Crippen LogP contribution in [0.2, 0.25) is 0 Å². The Labute approximate surface area is 210 Å². The Morgan fingerprint density at radius 2 is 1.75 bits per heavy atom. The molecule has 3 rings (SSSR count). The number of hydrogen-bond donors (Lipinski definition) is 5. The van der Waals surface area contributed by atoms with E-state index in [2.05, 4.69) is 10.0 Å². The third-order valence-electron chi connectivity index (χ3n) is 5.18. The molecule has 0 aliphatic carbocycles. The molecular formula is C24H29N3O7S2. The summed E-state index contributed by atoms with van der Waals surface area (Å²) in [5.41, 5.74) is 8.39. The van der Waals surface area contributed by atoms with Crippen molar-refractivity contribution in [3.63, 3.8) is 0 Å². The number of anilines is 2. The minimum absolute atomic E-state index is 0.0125. The fraction of sp³-hybridized carbons (Fsp3) is 0.250. The van der Waals surface area contributed by atoms with Crippen molar-refractivity contribution in [1.82, 2.24) is 5.32 Å². The van der Waals surface area contributed by atoms with Crippen molar-refractivity contribution in [2.75, 3.05) is 42.7 Å². The Hall–Kier alpha value is -3.32. The largest absolute Gasteiger partial charge is 0.506 e. The minimum Gasteiger partial charge on any atom is -0.506 e. The van der Waals surface area contributed by atoms with Gasteiger partial charge in [0.05, 0.1) is 22.9 Å². The van der Waals surface area contributed by atoms with Gasteiger partial charge in [0.1, 0.15) is 18.1 Å². The summed E-state index contributed by atoms with van der Waals surface area (Å²) in [6.45, 7) is 0.859. The Kier molecular flexibility index (Phi) is 8.46. The molecule has 3 aromatic rings. The predicted octanol–water partition coefficient (Wildman–Crippen LogP) is 2.12. The second-order valence-corrected chi connectivity index (χ2v) is 12.0. The van der Waals surface area contributed by atoms with E-state index in [0.29, 0.717) is 34.7 Å². The zero-order valence-electron chi connectivity index (χ0n) is 19.8. The number of sulfone groups is 1.